The molecule has 1 aromatic rings. The second kappa shape index (κ2) is 5.46. The van der Waals surface area contributed by atoms with E-state index in [4.69, 9.17) is 4.74 Å². The van der Waals surface area contributed by atoms with Crippen molar-refractivity contribution in [3.05, 3.63) is 24.0 Å². The van der Waals surface area contributed by atoms with Gasteiger partial charge in [0.1, 0.15) is 5.75 Å². The number of ether oxygens (including phenoxy) is 1. The number of ketones is 1. The lowest BCUT2D eigenvalue weighted by molar-refractivity contribution is 0.0685. The number of carbonyl (C=O) groups excluding carboxylic acids is 1. The number of pyridine rings is 1. The van der Waals surface area contributed by atoms with Crippen LogP contribution in [0.15, 0.2) is 18.5 Å². The zero-order valence-corrected chi connectivity index (χ0v) is 11.1. The Bertz CT molecular complexity index is 436. The number of hydrogen-bond donors (Lipinski definition) is 0. The molecule has 1 aliphatic rings. The van der Waals surface area contributed by atoms with Gasteiger partial charge in [-0.2, -0.15) is 0 Å². The largest absolute Gasteiger partial charge is 0.495 e. The van der Waals surface area contributed by atoms with Gasteiger partial charge in [0.25, 0.3) is 0 Å². The van der Waals surface area contributed by atoms with E-state index in [2.05, 4.69) is 14.8 Å². The van der Waals surface area contributed by atoms with E-state index in [1.807, 2.05) is 14.1 Å². The molecule has 0 saturated carbocycles. The summed E-state index contributed by atoms with van der Waals surface area (Å²) in [5.74, 6) is 0.725. The Morgan fingerprint density at radius 3 is 2.89 bits per heavy atom. The minimum absolute atomic E-state index is 0.0994. The average molecular weight is 249 g/mol. The van der Waals surface area contributed by atoms with Gasteiger partial charge in [-0.15, -0.1) is 0 Å². The molecule has 1 aromatic heterocycles. The van der Waals surface area contributed by atoms with Gasteiger partial charge in [-0.3, -0.25) is 14.7 Å². The van der Waals surface area contributed by atoms with Gasteiger partial charge in [0.05, 0.1) is 19.3 Å². The lowest BCUT2D eigenvalue weighted by Gasteiger charge is -2.36. The summed E-state index contributed by atoms with van der Waals surface area (Å²) in [7, 11) is 5.60. The quantitative estimate of drug-likeness (QED) is 0.731. The number of methoxy groups -OCH3 is 1. The molecule has 0 bridgehead atoms. The fourth-order valence-electron chi connectivity index (χ4n) is 2.15. The van der Waals surface area contributed by atoms with E-state index in [0.717, 1.165) is 19.6 Å². The van der Waals surface area contributed by atoms with Crippen LogP contribution in [0.2, 0.25) is 0 Å². The first-order chi connectivity index (χ1) is 8.61. The molecule has 0 N–H and O–H groups in total. The van der Waals surface area contributed by atoms with Crippen molar-refractivity contribution in [1.82, 2.24) is 14.8 Å². The summed E-state index contributed by atoms with van der Waals surface area (Å²) in [4.78, 5) is 20.8. The van der Waals surface area contributed by atoms with Gasteiger partial charge in [0.2, 0.25) is 0 Å². The molecule has 18 heavy (non-hydrogen) atoms. The molecule has 0 aromatic carbocycles. The monoisotopic (exact) mass is 249 g/mol. The first kappa shape index (κ1) is 13.0. The lowest BCUT2D eigenvalue weighted by atomic mass is 10.0. The number of aromatic nitrogens is 1. The Morgan fingerprint density at radius 1 is 1.39 bits per heavy atom. The summed E-state index contributed by atoms with van der Waals surface area (Å²) < 4.78 is 5.10. The molecule has 1 unspecified atom stereocenters. The number of Topliss-reactive ketones (excluding diaryl/α,β-unsaturated/α-hetero) is 1. The molecule has 1 fully saturated rings. The van der Waals surface area contributed by atoms with Gasteiger partial charge >= 0.3 is 0 Å². The third-order valence-electron chi connectivity index (χ3n) is 3.39. The first-order valence-corrected chi connectivity index (χ1v) is 6.04. The normalized spacial score (nSPS) is 21.8. The average Bonchev–Trinajstić information content (AvgIpc) is 2.41. The van der Waals surface area contributed by atoms with E-state index < -0.39 is 0 Å². The maximum Gasteiger partial charge on any atom is 0.182 e. The summed E-state index contributed by atoms with van der Waals surface area (Å²) >= 11 is 0. The third kappa shape index (κ3) is 2.68. The van der Waals surface area contributed by atoms with Crippen LogP contribution in [0.4, 0.5) is 0 Å². The fraction of sp³-hybridized carbons (Fsp3) is 0.538. The van der Waals surface area contributed by atoms with Gasteiger partial charge in [-0.05, 0) is 20.2 Å². The number of piperazine rings is 1. The number of carbonyl (C=O) groups is 1. The van der Waals surface area contributed by atoms with Crippen LogP contribution in [-0.4, -0.2) is 67.4 Å². The van der Waals surface area contributed by atoms with E-state index in [1.165, 1.54) is 0 Å². The zero-order valence-electron chi connectivity index (χ0n) is 11.1. The Labute approximate surface area is 107 Å². The van der Waals surface area contributed by atoms with Crippen molar-refractivity contribution in [2.75, 3.05) is 40.8 Å². The Balaban J connectivity index is 2.18. The van der Waals surface area contributed by atoms with Crippen LogP contribution >= 0.6 is 0 Å². The van der Waals surface area contributed by atoms with Gasteiger partial charge in [-0.25, -0.2) is 0 Å². The summed E-state index contributed by atoms with van der Waals surface area (Å²) in [6.07, 6.45) is 3.21. The summed E-state index contributed by atoms with van der Waals surface area (Å²) in [6.45, 7) is 2.66. The maximum absolute atomic E-state index is 12.5. The Morgan fingerprint density at radius 2 is 2.17 bits per heavy atom. The molecule has 1 saturated heterocycles. The highest BCUT2D eigenvalue weighted by Crippen LogP contribution is 2.16. The van der Waals surface area contributed by atoms with Crippen LogP contribution in [0, 0.1) is 0 Å². The van der Waals surface area contributed by atoms with Crippen molar-refractivity contribution in [1.29, 1.82) is 0 Å². The van der Waals surface area contributed by atoms with E-state index >= 15 is 0 Å². The van der Waals surface area contributed by atoms with E-state index in [1.54, 1.807) is 25.6 Å². The molecule has 2 heterocycles. The third-order valence-corrected chi connectivity index (χ3v) is 3.39. The van der Waals surface area contributed by atoms with Crippen LogP contribution in [0.25, 0.3) is 0 Å². The van der Waals surface area contributed by atoms with Crippen molar-refractivity contribution in [2.45, 2.75) is 6.04 Å². The fourth-order valence-corrected chi connectivity index (χ4v) is 2.15. The highest BCUT2D eigenvalue weighted by molar-refractivity contribution is 6.00. The molecule has 0 spiro atoms. The molecule has 98 valence electrons. The Kier molecular flexibility index (Phi) is 3.93. The molecule has 2 rings (SSSR count). The summed E-state index contributed by atoms with van der Waals surface area (Å²) in [5, 5.41) is 0. The maximum atomic E-state index is 12.5. The van der Waals surface area contributed by atoms with Crippen LogP contribution in [0.1, 0.15) is 10.4 Å². The van der Waals surface area contributed by atoms with E-state index in [-0.39, 0.29) is 11.8 Å². The minimum Gasteiger partial charge on any atom is -0.495 e. The van der Waals surface area contributed by atoms with Crippen molar-refractivity contribution in [3.63, 3.8) is 0 Å². The highest BCUT2D eigenvalue weighted by atomic mass is 16.5. The summed E-state index contributed by atoms with van der Waals surface area (Å²) in [5.41, 5.74) is 0.613. The number of nitrogens with zero attached hydrogens (tertiary/aromatic N) is 3. The van der Waals surface area contributed by atoms with Crippen LogP contribution < -0.4 is 4.74 Å². The Hall–Kier alpha value is -1.46. The van der Waals surface area contributed by atoms with Gasteiger partial charge in [-0.1, -0.05) is 0 Å². The molecule has 5 heteroatoms. The van der Waals surface area contributed by atoms with Crippen molar-refractivity contribution in [2.24, 2.45) is 0 Å². The predicted molar refractivity (Wildman–Crippen MR) is 69.0 cm³/mol. The van der Waals surface area contributed by atoms with Crippen LogP contribution in [-0.2, 0) is 0 Å². The molecular formula is C13H19N3O2. The smallest absolute Gasteiger partial charge is 0.182 e. The summed E-state index contributed by atoms with van der Waals surface area (Å²) in [6, 6.07) is 1.65. The molecule has 0 radical (unpaired) electrons. The standard InChI is InChI=1S/C13H19N3O2/c1-15-4-5-16(2)12(9-15)13(17)10-6-11(18-3)8-14-7-10/h6-8,12H,4-5,9H2,1-3H3. The van der Waals surface area contributed by atoms with Crippen molar-refractivity contribution < 1.29 is 9.53 Å². The molecule has 5 nitrogen and oxygen atoms in total. The van der Waals surface area contributed by atoms with E-state index in [9.17, 15) is 4.79 Å². The first-order valence-electron chi connectivity index (χ1n) is 6.04. The second-order valence-electron chi connectivity index (χ2n) is 4.74. The predicted octanol–water partition coefficient (Wildman–Crippen LogP) is 0.519. The van der Waals surface area contributed by atoms with Gasteiger partial charge < -0.3 is 9.64 Å². The van der Waals surface area contributed by atoms with Crippen LogP contribution in [0.5, 0.6) is 5.75 Å². The number of likely N-dealkylation sites (N-methyl/N-ethyl adjacent to an activating group) is 2. The van der Waals surface area contributed by atoms with Gasteiger partial charge in [0, 0.05) is 31.4 Å². The SMILES string of the molecule is COc1cncc(C(=O)C2CN(C)CCN2C)c1. The van der Waals surface area contributed by atoms with Gasteiger partial charge in [0.15, 0.2) is 5.78 Å². The van der Waals surface area contributed by atoms with Crippen molar-refractivity contribution in [3.8, 4) is 5.75 Å². The molecule has 0 amide bonds. The zero-order chi connectivity index (χ0) is 13.1. The minimum atomic E-state index is -0.0994. The van der Waals surface area contributed by atoms with E-state index in [0.29, 0.717) is 11.3 Å². The highest BCUT2D eigenvalue weighted by Gasteiger charge is 2.29. The number of rotatable bonds is 3. The van der Waals surface area contributed by atoms with Crippen LogP contribution in [0.3, 0.4) is 0 Å². The number of hydrogen-bond acceptors (Lipinski definition) is 5. The molecule has 0 aliphatic carbocycles. The second-order valence-corrected chi connectivity index (χ2v) is 4.74. The van der Waals surface area contributed by atoms with Crippen molar-refractivity contribution >= 4 is 5.78 Å². The topological polar surface area (TPSA) is 45.7 Å². The molecule has 1 aliphatic heterocycles. The molecule has 1 atom stereocenters. The lowest BCUT2D eigenvalue weighted by Crippen LogP contribution is -2.53. The molecular weight excluding hydrogens is 230 g/mol.